The van der Waals surface area contributed by atoms with Crippen LogP contribution >= 0.6 is 11.8 Å². The van der Waals surface area contributed by atoms with Gasteiger partial charge in [0.05, 0.1) is 0 Å². The monoisotopic (exact) mass is 331 g/mol. The molecule has 0 saturated heterocycles. The lowest BCUT2D eigenvalue weighted by molar-refractivity contribution is -0.116. The van der Waals surface area contributed by atoms with Crippen LogP contribution in [0.2, 0.25) is 0 Å². The van der Waals surface area contributed by atoms with E-state index in [1.54, 1.807) is 6.92 Å². The molecule has 0 bridgehead atoms. The van der Waals surface area contributed by atoms with Crippen molar-refractivity contribution in [3.63, 3.8) is 0 Å². The fraction of sp³-hybridized carbons (Fsp3) is 0.353. The number of nitrogens with one attached hydrogen (secondary N) is 2. The first-order valence-electron chi connectivity index (χ1n) is 7.42. The number of aromatic amines is 1. The molecule has 1 aromatic carbocycles. The molecule has 122 valence electrons. The number of aryl methyl sites for hydroxylation is 3. The van der Waals surface area contributed by atoms with E-state index in [2.05, 4.69) is 15.3 Å². The molecule has 0 spiro atoms. The molecule has 2 rings (SSSR count). The maximum Gasteiger partial charge on any atom is 0.254 e. The minimum absolute atomic E-state index is 0.102. The first-order chi connectivity index (χ1) is 10.9. The maximum absolute atomic E-state index is 12.2. The van der Waals surface area contributed by atoms with E-state index < -0.39 is 0 Å². The second kappa shape index (κ2) is 7.46. The molecular formula is C17H21N3O2S. The molecule has 23 heavy (non-hydrogen) atoms. The SMILES string of the molecule is CSc1nc(C)c(CCC(=O)Nc2c(C)cccc2C)c(=O)[nH]1. The van der Waals surface area contributed by atoms with Crippen molar-refractivity contribution in [1.82, 2.24) is 9.97 Å². The van der Waals surface area contributed by atoms with E-state index in [1.165, 1.54) is 11.8 Å². The summed E-state index contributed by atoms with van der Waals surface area (Å²) >= 11 is 1.39. The van der Waals surface area contributed by atoms with Crippen LogP contribution < -0.4 is 10.9 Å². The molecule has 1 aromatic heterocycles. The highest BCUT2D eigenvalue weighted by Gasteiger charge is 2.12. The van der Waals surface area contributed by atoms with Gasteiger partial charge in [0, 0.05) is 23.4 Å². The Kier molecular flexibility index (Phi) is 5.60. The van der Waals surface area contributed by atoms with Gasteiger partial charge in [0.25, 0.3) is 5.56 Å². The van der Waals surface area contributed by atoms with E-state index in [1.807, 2.05) is 38.3 Å². The number of amides is 1. The number of hydrogen-bond donors (Lipinski definition) is 2. The topological polar surface area (TPSA) is 74.8 Å². The van der Waals surface area contributed by atoms with Crippen LogP contribution in [0.25, 0.3) is 0 Å². The van der Waals surface area contributed by atoms with Gasteiger partial charge in [-0.2, -0.15) is 0 Å². The average molecular weight is 331 g/mol. The zero-order chi connectivity index (χ0) is 17.0. The van der Waals surface area contributed by atoms with Gasteiger partial charge in [0.2, 0.25) is 5.91 Å². The lowest BCUT2D eigenvalue weighted by atomic mass is 10.1. The number of anilines is 1. The molecular weight excluding hydrogens is 310 g/mol. The summed E-state index contributed by atoms with van der Waals surface area (Å²) in [7, 11) is 0. The normalized spacial score (nSPS) is 10.6. The third-order valence-corrected chi connectivity index (χ3v) is 4.32. The molecule has 6 heteroatoms. The summed E-state index contributed by atoms with van der Waals surface area (Å²) < 4.78 is 0. The van der Waals surface area contributed by atoms with Crippen molar-refractivity contribution in [3.8, 4) is 0 Å². The number of thioether (sulfide) groups is 1. The summed E-state index contributed by atoms with van der Waals surface area (Å²) in [6.07, 6.45) is 2.48. The quantitative estimate of drug-likeness (QED) is 0.652. The van der Waals surface area contributed by atoms with Crippen LogP contribution in [0, 0.1) is 20.8 Å². The molecule has 0 radical (unpaired) electrons. The minimum Gasteiger partial charge on any atom is -0.326 e. The fourth-order valence-electron chi connectivity index (χ4n) is 2.43. The molecule has 0 saturated carbocycles. The van der Waals surface area contributed by atoms with Crippen molar-refractivity contribution >= 4 is 23.4 Å². The largest absolute Gasteiger partial charge is 0.326 e. The van der Waals surface area contributed by atoms with Crippen LogP contribution in [0.1, 0.15) is 28.8 Å². The molecule has 1 heterocycles. The molecule has 0 fully saturated rings. The summed E-state index contributed by atoms with van der Waals surface area (Å²) in [6.45, 7) is 5.72. The summed E-state index contributed by atoms with van der Waals surface area (Å²) in [4.78, 5) is 31.3. The summed E-state index contributed by atoms with van der Waals surface area (Å²) in [6, 6.07) is 5.88. The van der Waals surface area contributed by atoms with E-state index in [0.717, 1.165) is 16.8 Å². The third kappa shape index (κ3) is 4.22. The molecule has 5 nitrogen and oxygen atoms in total. The molecule has 0 unspecified atom stereocenters. The Morgan fingerprint density at radius 3 is 2.48 bits per heavy atom. The Balaban J connectivity index is 2.07. The smallest absolute Gasteiger partial charge is 0.254 e. The van der Waals surface area contributed by atoms with Gasteiger partial charge in [0.15, 0.2) is 5.16 Å². The van der Waals surface area contributed by atoms with Crippen molar-refractivity contribution in [2.24, 2.45) is 0 Å². The third-order valence-electron chi connectivity index (χ3n) is 3.74. The van der Waals surface area contributed by atoms with Crippen molar-refractivity contribution in [3.05, 3.63) is 50.9 Å². The number of nitrogens with zero attached hydrogens (tertiary/aromatic N) is 1. The number of para-hydroxylation sites is 1. The van der Waals surface area contributed by atoms with Crippen molar-refractivity contribution in [2.75, 3.05) is 11.6 Å². The first kappa shape index (κ1) is 17.3. The Bertz CT molecular complexity index is 764. The van der Waals surface area contributed by atoms with Crippen LogP contribution in [-0.4, -0.2) is 22.1 Å². The number of H-pyrrole nitrogens is 1. The van der Waals surface area contributed by atoms with Gasteiger partial charge in [-0.15, -0.1) is 0 Å². The zero-order valence-electron chi connectivity index (χ0n) is 13.8. The van der Waals surface area contributed by atoms with E-state index >= 15 is 0 Å². The minimum atomic E-state index is -0.165. The Morgan fingerprint density at radius 2 is 1.91 bits per heavy atom. The van der Waals surface area contributed by atoms with E-state index in [-0.39, 0.29) is 17.9 Å². The Labute approximate surface area is 139 Å². The number of rotatable bonds is 5. The number of carbonyl (C=O) groups excluding carboxylic acids is 1. The van der Waals surface area contributed by atoms with Crippen LogP contribution in [0.3, 0.4) is 0 Å². The fourth-order valence-corrected chi connectivity index (χ4v) is 2.85. The number of hydrogen-bond acceptors (Lipinski definition) is 4. The summed E-state index contributed by atoms with van der Waals surface area (Å²) in [5.74, 6) is -0.102. The second-order valence-corrected chi connectivity index (χ2v) is 6.25. The van der Waals surface area contributed by atoms with Gasteiger partial charge >= 0.3 is 0 Å². The lowest BCUT2D eigenvalue weighted by Gasteiger charge is -2.11. The summed E-state index contributed by atoms with van der Waals surface area (Å²) in [5, 5.41) is 3.53. The molecule has 0 aliphatic carbocycles. The van der Waals surface area contributed by atoms with Crippen LogP contribution in [0.5, 0.6) is 0 Å². The molecule has 1 amide bonds. The van der Waals surface area contributed by atoms with Gasteiger partial charge in [-0.25, -0.2) is 4.98 Å². The molecule has 0 aliphatic heterocycles. The van der Waals surface area contributed by atoms with Crippen LogP contribution in [-0.2, 0) is 11.2 Å². The number of aromatic nitrogens is 2. The average Bonchev–Trinajstić information content (AvgIpc) is 2.50. The molecule has 2 aromatic rings. The second-order valence-electron chi connectivity index (χ2n) is 5.45. The number of benzene rings is 1. The summed E-state index contributed by atoms with van der Waals surface area (Å²) in [5.41, 5.74) is 3.98. The van der Waals surface area contributed by atoms with Gasteiger partial charge < -0.3 is 10.3 Å². The molecule has 2 N–H and O–H groups in total. The lowest BCUT2D eigenvalue weighted by Crippen LogP contribution is -2.20. The van der Waals surface area contributed by atoms with E-state index in [9.17, 15) is 9.59 Å². The highest BCUT2D eigenvalue weighted by molar-refractivity contribution is 7.98. The van der Waals surface area contributed by atoms with Gasteiger partial charge in [-0.05, 0) is 44.6 Å². The maximum atomic E-state index is 12.2. The highest BCUT2D eigenvalue weighted by atomic mass is 32.2. The van der Waals surface area contributed by atoms with E-state index in [0.29, 0.717) is 22.8 Å². The standard InChI is InChI=1S/C17H21N3O2S/c1-10-6-5-7-11(2)15(10)19-14(21)9-8-13-12(3)18-17(23-4)20-16(13)22/h5-7H,8-9H2,1-4H3,(H,19,21)(H,18,20,22). The van der Waals surface area contributed by atoms with Crippen LogP contribution in [0.15, 0.2) is 28.2 Å². The van der Waals surface area contributed by atoms with Crippen molar-refractivity contribution < 1.29 is 4.79 Å². The predicted molar refractivity (Wildman–Crippen MR) is 94.2 cm³/mol. The highest BCUT2D eigenvalue weighted by Crippen LogP contribution is 2.19. The van der Waals surface area contributed by atoms with Crippen LogP contribution in [0.4, 0.5) is 5.69 Å². The van der Waals surface area contributed by atoms with Gasteiger partial charge in [0.1, 0.15) is 0 Å². The Morgan fingerprint density at radius 1 is 1.26 bits per heavy atom. The van der Waals surface area contributed by atoms with E-state index in [4.69, 9.17) is 0 Å². The molecule has 0 atom stereocenters. The first-order valence-corrected chi connectivity index (χ1v) is 8.64. The molecule has 0 aliphatic rings. The van der Waals surface area contributed by atoms with Gasteiger partial charge in [-0.3, -0.25) is 9.59 Å². The predicted octanol–water partition coefficient (Wildman–Crippen LogP) is 2.99. The Hall–Kier alpha value is -2.08. The van der Waals surface area contributed by atoms with Crippen molar-refractivity contribution in [1.29, 1.82) is 0 Å². The van der Waals surface area contributed by atoms with Gasteiger partial charge in [-0.1, -0.05) is 30.0 Å². The van der Waals surface area contributed by atoms with Crippen molar-refractivity contribution in [2.45, 2.75) is 38.8 Å². The number of carbonyl (C=O) groups is 1. The zero-order valence-corrected chi connectivity index (χ0v) is 14.6.